The van der Waals surface area contributed by atoms with Gasteiger partial charge in [0.15, 0.2) is 0 Å². The second kappa shape index (κ2) is 3.94. The highest BCUT2D eigenvalue weighted by Gasteiger charge is 2.09. The summed E-state index contributed by atoms with van der Waals surface area (Å²) in [5.74, 6) is 0.0334. The normalized spacial score (nSPS) is 9.69. The van der Waals surface area contributed by atoms with Crippen LogP contribution in [0.15, 0.2) is 31.1 Å². The smallest absolute Gasteiger partial charge is 0.224 e. The van der Waals surface area contributed by atoms with Crippen LogP contribution in [0.5, 0.6) is 0 Å². The average Bonchev–Trinajstić information content (AvgIpc) is 2.46. The third-order valence-electron chi connectivity index (χ3n) is 1.82. The molecule has 0 unspecified atom stereocenters. The summed E-state index contributed by atoms with van der Waals surface area (Å²) in [4.78, 5) is 12.9. The molecule has 0 bridgehead atoms. The molecule has 0 saturated carbocycles. The van der Waals surface area contributed by atoms with Crippen LogP contribution in [0, 0.1) is 0 Å². The maximum absolute atomic E-state index is 11.2. The maximum atomic E-state index is 11.2. The van der Waals surface area contributed by atoms with Crippen LogP contribution < -0.4 is 4.90 Å². The van der Waals surface area contributed by atoms with Crippen molar-refractivity contribution < 1.29 is 4.79 Å². The van der Waals surface area contributed by atoms with E-state index in [1.54, 1.807) is 17.9 Å². The van der Waals surface area contributed by atoms with E-state index in [1.807, 2.05) is 30.1 Å². The number of carbonyl (C=O) groups excluding carboxylic acids is 1. The Morgan fingerprint density at radius 2 is 2.46 bits per heavy atom. The highest BCUT2D eigenvalue weighted by molar-refractivity contribution is 5.91. The first kappa shape index (κ1) is 9.58. The standard InChI is InChI=1S/C10H14N2O/c1-4-6-12(9(2)13)10-5-7-11(3)8-10/h4-5,7-8H,1,6H2,2-3H3. The van der Waals surface area contributed by atoms with E-state index in [-0.39, 0.29) is 5.91 Å². The van der Waals surface area contributed by atoms with Crippen molar-refractivity contribution in [3.8, 4) is 0 Å². The Morgan fingerprint density at radius 3 is 2.85 bits per heavy atom. The van der Waals surface area contributed by atoms with Crippen LogP contribution in [0.3, 0.4) is 0 Å². The molecule has 70 valence electrons. The Hall–Kier alpha value is -1.51. The summed E-state index contributed by atoms with van der Waals surface area (Å²) in [5.41, 5.74) is 0.912. The van der Waals surface area contributed by atoms with Gasteiger partial charge in [0.2, 0.25) is 5.91 Å². The minimum Gasteiger partial charge on any atom is -0.355 e. The monoisotopic (exact) mass is 178 g/mol. The van der Waals surface area contributed by atoms with E-state index in [9.17, 15) is 4.79 Å². The number of carbonyl (C=O) groups is 1. The number of hydrogen-bond donors (Lipinski definition) is 0. The number of aromatic nitrogens is 1. The molecule has 13 heavy (non-hydrogen) atoms. The zero-order chi connectivity index (χ0) is 9.84. The molecule has 0 saturated heterocycles. The first-order valence-electron chi connectivity index (χ1n) is 4.16. The zero-order valence-electron chi connectivity index (χ0n) is 8.03. The molecule has 0 fully saturated rings. The third kappa shape index (κ3) is 2.21. The van der Waals surface area contributed by atoms with E-state index in [0.717, 1.165) is 5.69 Å². The van der Waals surface area contributed by atoms with Gasteiger partial charge in [0.25, 0.3) is 0 Å². The Kier molecular flexibility index (Phi) is 2.90. The summed E-state index contributed by atoms with van der Waals surface area (Å²) in [5, 5.41) is 0. The van der Waals surface area contributed by atoms with Crippen LogP contribution in [0.1, 0.15) is 6.92 Å². The lowest BCUT2D eigenvalue weighted by Gasteiger charge is -2.16. The van der Waals surface area contributed by atoms with E-state index in [1.165, 1.54) is 0 Å². The second-order valence-corrected chi connectivity index (χ2v) is 2.95. The van der Waals surface area contributed by atoms with Crippen molar-refractivity contribution in [2.24, 2.45) is 7.05 Å². The van der Waals surface area contributed by atoms with E-state index in [4.69, 9.17) is 0 Å². The predicted molar refractivity (Wildman–Crippen MR) is 53.6 cm³/mol. The van der Waals surface area contributed by atoms with E-state index < -0.39 is 0 Å². The molecule has 0 atom stereocenters. The predicted octanol–water partition coefficient (Wildman–Crippen LogP) is 1.56. The van der Waals surface area contributed by atoms with Crippen LogP contribution in [-0.4, -0.2) is 17.0 Å². The lowest BCUT2D eigenvalue weighted by molar-refractivity contribution is -0.116. The minimum atomic E-state index is 0.0334. The maximum Gasteiger partial charge on any atom is 0.224 e. The SMILES string of the molecule is C=CCN(C(C)=O)c1ccn(C)c1. The molecule has 1 aromatic heterocycles. The molecular formula is C10H14N2O. The van der Waals surface area contributed by atoms with E-state index in [0.29, 0.717) is 6.54 Å². The molecule has 0 aliphatic rings. The molecule has 0 N–H and O–H groups in total. The van der Waals surface area contributed by atoms with E-state index >= 15 is 0 Å². The van der Waals surface area contributed by atoms with Gasteiger partial charge in [0.1, 0.15) is 0 Å². The van der Waals surface area contributed by atoms with Crippen LogP contribution in [0.4, 0.5) is 5.69 Å². The fourth-order valence-corrected chi connectivity index (χ4v) is 1.19. The van der Waals surface area contributed by atoms with Gasteiger partial charge in [-0.2, -0.15) is 0 Å². The van der Waals surface area contributed by atoms with Gasteiger partial charge < -0.3 is 9.47 Å². The van der Waals surface area contributed by atoms with Crippen LogP contribution in [-0.2, 0) is 11.8 Å². The van der Waals surface area contributed by atoms with Gasteiger partial charge in [0.05, 0.1) is 5.69 Å². The first-order valence-corrected chi connectivity index (χ1v) is 4.16. The molecule has 0 spiro atoms. The molecule has 1 rings (SSSR count). The minimum absolute atomic E-state index is 0.0334. The molecule has 3 heteroatoms. The Balaban J connectivity index is 2.87. The fourth-order valence-electron chi connectivity index (χ4n) is 1.19. The molecule has 0 aliphatic heterocycles. The lowest BCUT2D eigenvalue weighted by Crippen LogP contribution is -2.27. The van der Waals surface area contributed by atoms with Crippen molar-refractivity contribution in [2.45, 2.75) is 6.92 Å². The summed E-state index contributed by atoms with van der Waals surface area (Å²) < 4.78 is 1.91. The molecular weight excluding hydrogens is 164 g/mol. The zero-order valence-corrected chi connectivity index (χ0v) is 8.03. The fraction of sp³-hybridized carbons (Fsp3) is 0.300. The van der Waals surface area contributed by atoms with Crippen molar-refractivity contribution in [1.29, 1.82) is 0 Å². The summed E-state index contributed by atoms with van der Waals surface area (Å²) in [6.45, 7) is 5.72. The van der Waals surface area contributed by atoms with Crippen molar-refractivity contribution in [3.63, 3.8) is 0 Å². The molecule has 1 aromatic rings. The molecule has 1 heterocycles. The lowest BCUT2D eigenvalue weighted by atomic mass is 10.4. The number of anilines is 1. The highest BCUT2D eigenvalue weighted by Crippen LogP contribution is 2.13. The largest absolute Gasteiger partial charge is 0.355 e. The summed E-state index contributed by atoms with van der Waals surface area (Å²) in [7, 11) is 1.93. The molecule has 0 aliphatic carbocycles. The third-order valence-corrected chi connectivity index (χ3v) is 1.82. The Morgan fingerprint density at radius 1 is 1.77 bits per heavy atom. The van der Waals surface area contributed by atoms with Crippen LogP contribution in [0.2, 0.25) is 0 Å². The van der Waals surface area contributed by atoms with Gasteiger partial charge in [-0.25, -0.2) is 0 Å². The average molecular weight is 178 g/mol. The summed E-state index contributed by atoms with van der Waals surface area (Å²) in [6.07, 6.45) is 5.54. The van der Waals surface area contributed by atoms with Gasteiger partial charge in [-0.3, -0.25) is 4.79 Å². The van der Waals surface area contributed by atoms with Crippen molar-refractivity contribution in [1.82, 2.24) is 4.57 Å². The van der Waals surface area contributed by atoms with Crippen LogP contribution >= 0.6 is 0 Å². The Labute approximate surface area is 78.3 Å². The van der Waals surface area contributed by atoms with E-state index in [2.05, 4.69) is 6.58 Å². The van der Waals surface area contributed by atoms with Gasteiger partial charge in [-0.15, -0.1) is 6.58 Å². The number of aryl methyl sites for hydroxylation is 1. The number of nitrogens with zero attached hydrogens (tertiary/aromatic N) is 2. The first-order chi connectivity index (χ1) is 6.15. The molecule has 0 radical (unpaired) electrons. The van der Waals surface area contributed by atoms with Crippen molar-refractivity contribution in [3.05, 3.63) is 31.1 Å². The van der Waals surface area contributed by atoms with Crippen LogP contribution in [0.25, 0.3) is 0 Å². The number of rotatable bonds is 3. The van der Waals surface area contributed by atoms with Gasteiger partial charge in [-0.1, -0.05) is 6.08 Å². The number of hydrogen-bond acceptors (Lipinski definition) is 1. The van der Waals surface area contributed by atoms with Gasteiger partial charge in [-0.05, 0) is 6.07 Å². The van der Waals surface area contributed by atoms with Crippen molar-refractivity contribution >= 4 is 11.6 Å². The second-order valence-electron chi connectivity index (χ2n) is 2.95. The topological polar surface area (TPSA) is 25.2 Å². The number of amides is 1. The molecule has 0 aromatic carbocycles. The van der Waals surface area contributed by atoms with Gasteiger partial charge >= 0.3 is 0 Å². The molecule has 1 amide bonds. The Bertz CT molecular complexity index is 314. The quantitative estimate of drug-likeness (QED) is 0.645. The van der Waals surface area contributed by atoms with Crippen molar-refractivity contribution in [2.75, 3.05) is 11.4 Å². The summed E-state index contributed by atoms with van der Waals surface area (Å²) in [6, 6.07) is 1.91. The summed E-state index contributed by atoms with van der Waals surface area (Å²) >= 11 is 0. The molecule has 3 nitrogen and oxygen atoms in total. The van der Waals surface area contributed by atoms with Gasteiger partial charge in [0, 0.05) is 32.9 Å². The highest BCUT2D eigenvalue weighted by atomic mass is 16.2.